The van der Waals surface area contributed by atoms with Crippen LogP contribution in [0.25, 0.3) is 0 Å². The fourth-order valence-corrected chi connectivity index (χ4v) is 2.22. The van der Waals surface area contributed by atoms with E-state index in [1.54, 1.807) is 12.1 Å². The molecule has 126 valence electrons. The fraction of sp³-hybridized carbons (Fsp3) is 0.316. The number of rotatable bonds is 7. The average molecular weight is 326 g/mol. The number of carbonyl (C=O) groups excluding carboxylic acids is 2. The van der Waals surface area contributed by atoms with Crippen molar-refractivity contribution < 1.29 is 14.3 Å². The Morgan fingerprint density at radius 2 is 1.92 bits per heavy atom. The second-order valence-corrected chi connectivity index (χ2v) is 5.76. The minimum absolute atomic E-state index is 0.0115. The standard InChI is InChI=1S/C19H22N2O3/c1-14-9-11-17(12-20-14)19(23)24-13-18(22)21-15(2)8-10-16-6-4-3-5-7-16/h3-7,9,11-12,15H,8,10,13H2,1-2H3,(H,21,22)/t15-/m1/s1. The van der Waals surface area contributed by atoms with E-state index in [0.717, 1.165) is 18.5 Å². The van der Waals surface area contributed by atoms with Crippen LogP contribution in [0.5, 0.6) is 0 Å². The van der Waals surface area contributed by atoms with Gasteiger partial charge in [0, 0.05) is 17.9 Å². The van der Waals surface area contributed by atoms with Crippen LogP contribution in [-0.4, -0.2) is 29.5 Å². The summed E-state index contributed by atoms with van der Waals surface area (Å²) in [6.07, 6.45) is 3.15. The van der Waals surface area contributed by atoms with Gasteiger partial charge in [0.1, 0.15) is 0 Å². The smallest absolute Gasteiger partial charge is 0.340 e. The van der Waals surface area contributed by atoms with Crippen molar-refractivity contribution >= 4 is 11.9 Å². The van der Waals surface area contributed by atoms with Crippen molar-refractivity contribution in [3.05, 3.63) is 65.5 Å². The number of carbonyl (C=O) groups is 2. The highest BCUT2D eigenvalue weighted by atomic mass is 16.5. The quantitative estimate of drug-likeness (QED) is 0.794. The van der Waals surface area contributed by atoms with E-state index < -0.39 is 5.97 Å². The zero-order valence-electron chi connectivity index (χ0n) is 14.0. The van der Waals surface area contributed by atoms with Crippen molar-refractivity contribution in [2.75, 3.05) is 6.61 Å². The van der Waals surface area contributed by atoms with Gasteiger partial charge in [-0.1, -0.05) is 30.3 Å². The number of hydrogen-bond donors (Lipinski definition) is 1. The topological polar surface area (TPSA) is 68.3 Å². The molecule has 1 N–H and O–H groups in total. The summed E-state index contributed by atoms with van der Waals surface area (Å²) in [4.78, 5) is 27.7. The number of benzene rings is 1. The van der Waals surface area contributed by atoms with Crippen molar-refractivity contribution in [1.82, 2.24) is 10.3 Å². The van der Waals surface area contributed by atoms with Crippen molar-refractivity contribution in [3.63, 3.8) is 0 Å². The van der Waals surface area contributed by atoms with Crippen molar-refractivity contribution in [2.24, 2.45) is 0 Å². The molecule has 0 saturated heterocycles. The second-order valence-electron chi connectivity index (χ2n) is 5.76. The largest absolute Gasteiger partial charge is 0.452 e. The number of pyridine rings is 1. The summed E-state index contributed by atoms with van der Waals surface area (Å²) in [6.45, 7) is 3.48. The van der Waals surface area contributed by atoms with Gasteiger partial charge in [0.05, 0.1) is 5.56 Å². The molecule has 0 aliphatic carbocycles. The van der Waals surface area contributed by atoms with E-state index >= 15 is 0 Å². The van der Waals surface area contributed by atoms with E-state index in [-0.39, 0.29) is 18.6 Å². The Morgan fingerprint density at radius 1 is 1.17 bits per heavy atom. The van der Waals surface area contributed by atoms with E-state index in [1.807, 2.05) is 32.0 Å². The molecule has 0 aliphatic heterocycles. The lowest BCUT2D eigenvalue weighted by Crippen LogP contribution is -2.36. The first-order valence-corrected chi connectivity index (χ1v) is 7.97. The maximum atomic E-state index is 11.9. The molecular weight excluding hydrogens is 304 g/mol. The van der Waals surface area contributed by atoms with E-state index in [0.29, 0.717) is 5.56 Å². The van der Waals surface area contributed by atoms with E-state index in [4.69, 9.17) is 4.74 Å². The summed E-state index contributed by atoms with van der Waals surface area (Å²) >= 11 is 0. The van der Waals surface area contributed by atoms with Crippen LogP contribution >= 0.6 is 0 Å². The number of ether oxygens (including phenoxy) is 1. The number of esters is 1. The molecule has 1 amide bonds. The number of nitrogens with zero attached hydrogens (tertiary/aromatic N) is 1. The normalized spacial score (nSPS) is 11.6. The maximum Gasteiger partial charge on any atom is 0.340 e. The summed E-state index contributed by atoms with van der Waals surface area (Å²) in [5.74, 6) is -0.849. The molecule has 5 nitrogen and oxygen atoms in total. The minimum Gasteiger partial charge on any atom is -0.452 e. The van der Waals surface area contributed by atoms with Gasteiger partial charge in [0.15, 0.2) is 6.61 Å². The molecule has 1 aromatic heterocycles. The van der Waals surface area contributed by atoms with Crippen LogP contribution in [-0.2, 0) is 16.0 Å². The highest BCUT2D eigenvalue weighted by Gasteiger charge is 2.12. The van der Waals surface area contributed by atoms with Crippen LogP contribution in [0.4, 0.5) is 0 Å². The van der Waals surface area contributed by atoms with Gasteiger partial charge in [0.2, 0.25) is 0 Å². The van der Waals surface area contributed by atoms with Crippen LogP contribution in [0.15, 0.2) is 48.7 Å². The van der Waals surface area contributed by atoms with Gasteiger partial charge in [0.25, 0.3) is 5.91 Å². The zero-order chi connectivity index (χ0) is 17.4. The van der Waals surface area contributed by atoms with Crippen molar-refractivity contribution in [1.29, 1.82) is 0 Å². The third kappa shape index (κ3) is 5.83. The first-order valence-electron chi connectivity index (χ1n) is 7.97. The molecule has 0 saturated carbocycles. The Bertz CT molecular complexity index is 669. The van der Waals surface area contributed by atoms with E-state index in [2.05, 4.69) is 22.4 Å². The third-order valence-corrected chi connectivity index (χ3v) is 3.60. The van der Waals surface area contributed by atoms with Crippen molar-refractivity contribution in [2.45, 2.75) is 32.7 Å². The number of aryl methyl sites for hydroxylation is 2. The first kappa shape index (κ1) is 17.7. The predicted octanol–water partition coefficient (Wildman–Crippen LogP) is 2.68. The van der Waals surface area contributed by atoms with Crippen LogP contribution < -0.4 is 5.32 Å². The molecule has 0 spiro atoms. The van der Waals surface area contributed by atoms with Gasteiger partial charge in [-0.2, -0.15) is 0 Å². The summed E-state index contributed by atoms with van der Waals surface area (Å²) in [6, 6.07) is 13.5. The maximum absolute atomic E-state index is 11.9. The Morgan fingerprint density at radius 3 is 2.58 bits per heavy atom. The average Bonchev–Trinajstić information content (AvgIpc) is 2.59. The molecule has 0 radical (unpaired) electrons. The molecule has 1 aromatic carbocycles. The van der Waals surface area contributed by atoms with Gasteiger partial charge in [-0.15, -0.1) is 0 Å². The number of aromatic nitrogens is 1. The number of hydrogen-bond acceptors (Lipinski definition) is 4. The van der Waals surface area contributed by atoms with Crippen LogP contribution in [0, 0.1) is 6.92 Å². The molecule has 0 aliphatic rings. The summed E-state index contributed by atoms with van der Waals surface area (Å²) in [5, 5.41) is 2.83. The van der Waals surface area contributed by atoms with E-state index in [1.165, 1.54) is 11.8 Å². The molecule has 0 bridgehead atoms. The lowest BCUT2D eigenvalue weighted by atomic mass is 10.1. The highest BCUT2D eigenvalue weighted by Crippen LogP contribution is 2.05. The Balaban J connectivity index is 1.70. The molecule has 1 heterocycles. The Labute approximate surface area is 142 Å². The predicted molar refractivity (Wildman–Crippen MR) is 91.6 cm³/mol. The van der Waals surface area contributed by atoms with Crippen LogP contribution in [0.3, 0.4) is 0 Å². The summed E-state index contributed by atoms with van der Waals surface area (Å²) in [5.41, 5.74) is 2.39. The second kappa shape index (κ2) is 8.82. The molecule has 0 unspecified atom stereocenters. The zero-order valence-corrected chi connectivity index (χ0v) is 14.0. The van der Waals surface area contributed by atoms with Crippen LogP contribution in [0.2, 0.25) is 0 Å². The van der Waals surface area contributed by atoms with E-state index in [9.17, 15) is 9.59 Å². The molecular formula is C19H22N2O3. The Hall–Kier alpha value is -2.69. The molecule has 24 heavy (non-hydrogen) atoms. The van der Waals surface area contributed by atoms with Crippen LogP contribution in [0.1, 0.15) is 35.0 Å². The van der Waals surface area contributed by atoms with Crippen molar-refractivity contribution in [3.8, 4) is 0 Å². The molecule has 5 heteroatoms. The molecule has 2 aromatic rings. The van der Waals surface area contributed by atoms with Gasteiger partial charge < -0.3 is 10.1 Å². The highest BCUT2D eigenvalue weighted by molar-refractivity contribution is 5.91. The SMILES string of the molecule is Cc1ccc(C(=O)OCC(=O)N[C@H](C)CCc2ccccc2)cn1. The first-order chi connectivity index (χ1) is 11.5. The molecule has 2 rings (SSSR count). The minimum atomic E-state index is -0.547. The lowest BCUT2D eigenvalue weighted by Gasteiger charge is -2.14. The molecule has 0 fully saturated rings. The van der Waals surface area contributed by atoms with Gasteiger partial charge in [-0.05, 0) is 44.4 Å². The van der Waals surface area contributed by atoms with Gasteiger partial charge in [-0.3, -0.25) is 9.78 Å². The lowest BCUT2D eigenvalue weighted by molar-refractivity contribution is -0.124. The third-order valence-electron chi connectivity index (χ3n) is 3.60. The number of amides is 1. The Kier molecular flexibility index (Phi) is 6.49. The van der Waals surface area contributed by atoms with Gasteiger partial charge in [-0.25, -0.2) is 4.79 Å². The summed E-state index contributed by atoms with van der Waals surface area (Å²) in [7, 11) is 0. The fourth-order valence-electron chi connectivity index (χ4n) is 2.22. The van der Waals surface area contributed by atoms with Gasteiger partial charge >= 0.3 is 5.97 Å². The number of nitrogens with one attached hydrogen (secondary N) is 1. The molecule has 1 atom stereocenters. The monoisotopic (exact) mass is 326 g/mol. The summed E-state index contributed by atoms with van der Waals surface area (Å²) < 4.78 is 5.00.